The summed E-state index contributed by atoms with van der Waals surface area (Å²) in [6, 6.07) is 0.208. The summed E-state index contributed by atoms with van der Waals surface area (Å²) in [7, 11) is 0. The van der Waals surface area contributed by atoms with Gasteiger partial charge in [-0.15, -0.1) is 0 Å². The van der Waals surface area contributed by atoms with E-state index in [9.17, 15) is 22.8 Å². The number of alkyl halides is 3. The highest BCUT2D eigenvalue weighted by molar-refractivity contribution is 8.00. The Kier molecular flexibility index (Phi) is 6.18. The molecule has 3 heterocycles. The smallest absolute Gasteiger partial charge is 0.433 e. The van der Waals surface area contributed by atoms with Gasteiger partial charge in [-0.05, 0) is 12.8 Å². The fraction of sp³-hybridized carbons (Fsp3) is 0.688. The van der Waals surface area contributed by atoms with Crippen LogP contribution >= 0.6 is 11.8 Å². The number of ether oxygens (including phenoxy) is 1. The number of halogens is 3. The quantitative estimate of drug-likeness (QED) is 0.350. The van der Waals surface area contributed by atoms with Crippen LogP contribution in [0.25, 0.3) is 0 Å². The summed E-state index contributed by atoms with van der Waals surface area (Å²) in [5.41, 5.74) is -0.922. The molecular formula is C16H21F3N4O3S. The van der Waals surface area contributed by atoms with Crippen molar-refractivity contribution in [2.45, 2.75) is 55.6 Å². The fourth-order valence-electron chi connectivity index (χ4n) is 3.35. The molecular weight excluding hydrogens is 385 g/mol. The predicted octanol–water partition coefficient (Wildman–Crippen LogP) is 2.24. The molecule has 0 bridgehead atoms. The second-order valence-corrected chi connectivity index (χ2v) is 7.88. The van der Waals surface area contributed by atoms with Gasteiger partial charge in [0.25, 0.3) is 0 Å². The lowest BCUT2D eigenvalue weighted by Crippen LogP contribution is -2.36. The maximum atomic E-state index is 12.7. The number of aromatic amines is 1. The van der Waals surface area contributed by atoms with Crippen molar-refractivity contribution in [3.05, 3.63) is 17.5 Å². The minimum absolute atomic E-state index is 0.0182. The average molecular weight is 406 g/mol. The predicted molar refractivity (Wildman–Crippen MR) is 92.2 cm³/mol. The monoisotopic (exact) mass is 406 g/mol. The van der Waals surface area contributed by atoms with Crippen LogP contribution in [0.3, 0.4) is 0 Å². The fourth-order valence-corrected chi connectivity index (χ4v) is 4.89. The number of carbonyl (C=O) groups is 2. The van der Waals surface area contributed by atoms with Gasteiger partial charge in [0.15, 0.2) is 0 Å². The number of hydrogen-bond acceptors (Lipinski definition) is 5. The largest absolute Gasteiger partial charge is 0.465 e. The Hall–Kier alpha value is -1.91. The van der Waals surface area contributed by atoms with Gasteiger partial charge in [-0.2, -0.15) is 30.0 Å². The van der Waals surface area contributed by atoms with Crippen LogP contribution in [0.5, 0.6) is 0 Å². The van der Waals surface area contributed by atoms with E-state index < -0.39 is 17.8 Å². The molecule has 1 aromatic heterocycles. The summed E-state index contributed by atoms with van der Waals surface area (Å²) < 4.78 is 43.1. The zero-order chi connectivity index (χ0) is 19.4. The molecule has 3 N–H and O–H groups in total. The lowest BCUT2D eigenvalue weighted by Gasteiger charge is -2.16. The van der Waals surface area contributed by atoms with Crippen molar-refractivity contribution in [1.82, 2.24) is 20.8 Å². The summed E-state index contributed by atoms with van der Waals surface area (Å²) in [4.78, 5) is 23.1. The number of thioether (sulfide) groups is 1. The number of H-pyrrole nitrogens is 1. The second kappa shape index (κ2) is 8.41. The van der Waals surface area contributed by atoms with Gasteiger partial charge in [0.05, 0.1) is 24.9 Å². The van der Waals surface area contributed by atoms with Crippen LogP contribution in [0.15, 0.2) is 6.20 Å². The van der Waals surface area contributed by atoms with Gasteiger partial charge in [0.1, 0.15) is 5.69 Å². The molecule has 2 saturated heterocycles. The Morgan fingerprint density at radius 2 is 2.15 bits per heavy atom. The molecule has 27 heavy (non-hydrogen) atoms. The SMILES string of the molecule is O=C1N[C@@H]2[C@H](CCCCC(=O)OCCc3cn[nH]c3C(F)(F)F)SC[C@H]2N1. The van der Waals surface area contributed by atoms with E-state index in [4.69, 9.17) is 4.74 Å². The van der Waals surface area contributed by atoms with Gasteiger partial charge in [-0.25, -0.2) is 4.79 Å². The number of carbonyl (C=O) groups excluding carboxylic acids is 2. The highest BCUT2D eigenvalue weighted by Gasteiger charge is 2.42. The van der Waals surface area contributed by atoms with Gasteiger partial charge in [0.2, 0.25) is 0 Å². The number of unbranched alkanes of at least 4 members (excludes halogenated alkanes) is 1. The summed E-state index contributed by atoms with van der Waals surface area (Å²) in [5.74, 6) is 0.476. The number of nitrogens with one attached hydrogen (secondary N) is 3. The Balaban J connectivity index is 1.29. The standard InChI is InChI=1S/C16H21F3N4O3S/c17-16(18,19)14-9(7-20-23-14)5-6-26-12(24)4-2-1-3-11-13-10(8-27-11)21-15(25)22-13/h7,10-11,13H,1-6,8H2,(H,20,23)(H2,21,22,25)/t10-,11+,13+/m1/s1. The second-order valence-electron chi connectivity index (χ2n) is 6.61. The third-order valence-corrected chi connectivity index (χ3v) is 6.20. The van der Waals surface area contributed by atoms with Crippen LogP contribution in [-0.2, 0) is 22.1 Å². The molecule has 2 fully saturated rings. The molecule has 2 aliphatic rings. The van der Waals surface area contributed by atoms with Crippen LogP contribution in [0.1, 0.15) is 36.9 Å². The van der Waals surface area contributed by atoms with Crippen LogP contribution in [0.4, 0.5) is 18.0 Å². The summed E-state index contributed by atoms with van der Waals surface area (Å²) in [6.07, 6.45) is -0.842. The van der Waals surface area contributed by atoms with Crippen molar-refractivity contribution in [3.63, 3.8) is 0 Å². The lowest BCUT2D eigenvalue weighted by atomic mass is 10.0. The summed E-state index contributed by atoms with van der Waals surface area (Å²) >= 11 is 1.82. The molecule has 0 aromatic carbocycles. The Morgan fingerprint density at radius 1 is 1.33 bits per heavy atom. The molecule has 0 aliphatic carbocycles. The number of hydrogen-bond donors (Lipinski definition) is 3. The molecule has 3 atom stereocenters. The first-order valence-corrected chi connectivity index (χ1v) is 9.83. The first-order chi connectivity index (χ1) is 12.8. The van der Waals surface area contributed by atoms with Gasteiger partial charge in [-0.3, -0.25) is 9.89 Å². The first-order valence-electron chi connectivity index (χ1n) is 8.78. The number of rotatable bonds is 8. The van der Waals surface area contributed by atoms with E-state index in [1.165, 1.54) is 0 Å². The summed E-state index contributed by atoms with van der Waals surface area (Å²) in [6.45, 7) is -0.110. The van der Waals surface area contributed by atoms with Crippen LogP contribution < -0.4 is 10.6 Å². The molecule has 1 aromatic rings. The molecule has 150 valence electrons. The maximum absolute atomic E-state index is 12.7. The van der Waals surface area contributed by atoms with Crippen molar-refractivity contribution < 1.29 is 27.5 Å². The maximum Gasteiger partial charge on any atom is 0.433 e. The van der Waals surface area contributed by atoms with Gasteiger partial charge in [-0.1, -0.05) is 6.42 Å². The van der Waals surface area contributed by atoms with Gasteiger partial charge >= 0.3 is 18.2 Å². The van der Waals surface area contributed by atoms with Gasteiger partial charge < -0.3 is 15.4 Å². The number of aromatic nitrogens is 2. The number of amides is 2. The molecule has 2 aliphatic heterocycles. The molecule has 0 saturated carbocycles. The average Bonchev–Trinajstić information content (AvgIpc) is 3.27. The first kappa shape index (κ1) is 19.8. The third-order valence-electron chi connectivity index (χ3n) is 4.69. The summed E-state index contributed by atoms with van der Waals surface area (Å²) in [5, 5.41) is 11.5. The Morgan fingerprint density at radius 3 is 2.93 bits per heavy atom. The number of esters is 1. The van der Waals surface area contributed by atoms with Crippen LogP contribution in [0.2, 0.25) is 0 Å². The van der Waals surface area contributed by atoms with Crippen molar-refractivity contribution in [1.29, 1.82) is 0 Å². The highest BCUT2D eigenvalue weighted by Crippen LogP contribution is 2.33. The molecule has 2 amide bonds. The zero-order valence-corrected chi connectivity index (χ0v) is 15.3. The zero-order valence-electron chi connectivity index (χ0n) is 14.5. The van der Waals surface area contributed by atoms with Crippen molar-refractivity contribution >= 4 is 23.8 Å². The number of fused-ring (bicyclic) bond motifs is 1. The van der Waals surface area contributed by atoms with Crippen LogP contribution in [0, 0.1) is 0 Å². The molecule has 0 spiro atoms. The molecule has 3 rings (SSSR count). The van der Waals surface area contributed by atoms with E-state index in [-0.39, 0.29) is 43.1 Å². The normalized spacial score (nSPS) is 24.4. The van der Waals surface area contributed by atoms with E-state index in [2.05, 4.69) is 15.7 Å². The van der Waals surface area contributed by atoms with Gasteiger partial charge in [0, 0.05) is 29.4 Å². The van der Waals surface area contributed by atoms with E-state index in [1.54, 1.807) is 0 Å². The number of nitrogens with zero attached hydrogens (tertiary/aromatic N) is 1. The molecule has 0 radical (unpaired) electrons. The molecule has 0 unspecified atom stereocenters. The Bertz CT molecular complexity index is 682. The third kappa shape index (κ3) is 5.08. The topological polar surface area (TPSA) is 96.1 Å². The van der Waals surface area contributed by atoms with E-state index in [1.807, 2.05) is 16.9 Å². The van der Waals surface area contributed by atoms with Crippen molar-refractivity contribution in [2.75, 3.05) is 12.4 Å². The number of urea groups is 1. The van der Waals surface area contributed by atoms with E-state index >= 15 is 0 Å². The minimum atomic E-state index is -4.50. The van der Waals surface area contributed by atoms with Crippen molar-refractivity contribution in [3.8, 4) is 0 Å². The Labute approximate surface area is 158 Å². The lowest BCUT2D eigenvalue weighted by molar-refractivity contribution is -0.143. The van der Waals surface area contributed by atoms with Crippen LogP contribution in [-0.4, -0.2) is 51.9 Å². The molecule has 7 nitrogen and oxygen atoms in total. The van der Waals surface area contributed by atoms with Crippen molar-refractivity contribution in [2.24, 2.45) is 0 Å². The molecule has 11 heteroatoms. The highest BCUT2D eigenvalue weighted by atomic mass is 32.2. The van der Waals surface area contributed by atoms with E-state index in [0.29, 0.717) is 11.7 Å². The minimum Gasteiger partial charge on any atom is -0.465 e. The van der Waals surface area contributed by atoms with E-state index in [0.717, 1.165) is 24.8 Å².